The second-order valence-electron chi connectivity index (χ2n) is 9.72. The van der Waals surface area contributed by atoms with Gasteiger partial charge in [0, 0.05) is 0 Å². The number of esters is 1. The predicted molar refractivity (Wildman–Crippen MR) is 145 cm³/mol. The van der Waals surface area contributed by atoms with Crippen LogP contribution in [0.1, 0.15) is 156 Å². The summed E-state index contributed by atoms with van der Waals surface area (Å²) in [6.45, 7) is 2.70. The normalized spacial score (nSPS) is 10.7. The van der Waals surface area contributed by atoms with E-state index in [1.54, 1.807) is 0 Å². The molecular formula is C30H49CaO4+. The van der Waals surface area contributed by atoms with E-state index >= 15 is 0 Å². The van der Waals surface area contributed by atoms with E-state index in [0.717, 1.165) is 12.8 Å². The quantitative estimate of drug-likeness (QED) is 0.0856. The number of unbranched alkanes of at least 4 members (excludes halogenated alkanes) is 19. The predicted octanol–water partition coefficient (Wildman–Crippen LogP) is 7.65. The molecule has 0 aromatic heterocycles. The van der Waals surface area contributed by atoms with Gasteiger partial charge in [-0.2, -0.15) is 0 Å². The van der Waals surface area contributed by atoms with Crippen molar-refractivity contribution >= 4 is 49.7 Å². The van der Waals surface area contributed by atoms with Crippen LogP contribution in [0.4, 0.5) is 0 Å². The van der Waals surface area contributed by atoms with Gasteiger partial charge in [0.05, 0.1) is 18.1 Å². The average Bonchev–Trinajstić information content (AvgIpc) is 2.85. The fourth-order valence-electron chi connectivity index (χ4n) is 4.35. The van der Waals surface area contributed by atoms with Crippen molar-refractivity contribution in [1.29, 1.82) is 0 Å². The summed E-state index contributed by atoms with van der Waals surface area (Å²) < 4.78 is 5.26. The molecule has 0 atom stereocenters. The number of carbonyl (C=O) groups is 2. The molecule has 0 radical (unpaired) electrons. The van der Waals surface area contributed by atoms with Gasteiger partial charge in [0.2, 0.25) is 0 Å². The van der Waals surface area contributed by atoms with Crippen molar-refractivity contribution < 1.29 is 19.4 Å². The topological polar surface area (TPSA) is 66.4 Å². The summed E-state index contributed by atoms with van der Waals surface area (Å²) in [5, 5.41) is 10.7. The Labute approximate surface area is 245 Å². The molecule has 0 heterocycles. The number of ether oxygens (including phenoxy) is 1. The standard InChI is InChI=1S/C30H50O4.Ca/c1-2-3-4-5-6-7-8-9-10-11-12-13-14-15-16-17-18-19-20-21-26-34-30(33)28-24-22-27(23-25-28)29(31)32;/h22-25H,2-21,26H2,1H3,(H,31,32);/q;+2/p-1. The second kappa shape index (κ2) is 25.1. The van der Waals surface area contributed by atoms with Gasteiger partial charge in [-0.1, -0.05) is 141 Å². The molecule has 0 bridgehead atoms. The SMILES string of the molecule is CCCCCCCCCCCCCCCCCCCCCCOC(=O)c1ccc(C(=O)[O-])cc1.[Ca+2]. The summed E-state index contributed by atoms with van der Waals surface area (Å²) in [5.74, 6) is -1.65. The van der Waals surface area contributed by atoms with Crippen molar-refractivity contribution in [3.05, 3.63) is 35.4 Å². The molecule has 0 saturated heterocycles. The Balaban J connectivity index is 0.0000116. The Hall–Kier alpha value is -0.580. The van der Waals surface area contributed by atoms with Crippen LogP contribution in [-0.4, -0.2) is 56.3 Å². The summed E-state index contributed by atoms with van der Waals surface area (Å²) in [7, 11) is 0. The molecule has 4 nitrogen and oxygen atoms in total. The molecule has 1 rings (SSSR count). The number of rotatable bonds is 23. The summed E-state index contributed by atoms with van der Waals surface area (Å²) in [4.78, 5) is 22.7. The summed E-state index contributed by atoms with van der Waals surface area (Å²) in [5.41, 5.74) is 0.434. The first-order valence-electron chi connectivity index (χ1n) is 14.1. The van der Waals surface area contributed by atoms with Gasteiger partial charge in [0.15, 0.2) is 0 Å². The smallest absolute Gasteiger partial charge is 0.545 e. The van der Waals surface area contributed by atoms with Gasteiger partial charge in [-0.15, -0.1) is 0 Å². The van der Waals surface area contributed by atoms with Crippen LogP contribution in [0.3, 0.4) is 0 Å². The summed E-state index contributed by atoms with van der Waals surface area (Å²) in [6, 6.07) is 5.66. The van der Waals surface area contributed by atoms with E-state index < -0.39 is 11.9 Å². The van der Waals surface area contributed by atoms with Crippen molar-refractivity contribution in [1.82, 2.24) is 0 Å². The Bertz CT molecular complexity index is 630. The fraction of sp³-hybridized carbons (Fsp3) is 0.733. The Morgan fingerprint density at radius 3 is 1.23 bits per heavy atom. The van der Waals surface area contributed by atoms with Crippen LogP contribution in [-0.2, 0) is 4.74 Å². The average molecular weight is 514 g/mol. The monoisotopic (exact) mass is 513 g/mol. The number of carboxylic acid groups (broad SMARTS) is 1. The fourth-order valence-corrected chi connectivity index (χ4v) is 4.35. The van der Waals surface area contributed by atoms with Gasteiger partial charge >= 0.3 is 43.7 Å². The van der Waals surface area contributed by atoms with Crippen LogP contribution in [0.5, 0.6) is 0 Å². The van der Waals surface area contributed by atoms with E-state index in [-0.39, 0.29) is 43.3 Å². The molecule has 194 valence electrons. The molecule has 5 heteroatoms. The van der Waals surface area contributed by atoms with Gasteiger partial charge in [0.1, 0.15) is 0 Å². The molecule has 0 saturated carbocycles. The van der Waals surface area contributed by atoms with Crippen LogP contribution < -0.4 is 5.11 Å². The van der Waals surface area contributed by atoms with E-state index in [4.69, 9.17) is 4.74 Å². The van der Waals surface area contributed by atoms with E-state index in [1.165, 1.54) is 140 Å². The number of carbonyl (C=O) groups excluding carboxylic acids is 2. The molecule has 0 N–H and O–H groups in total. The van der Waals surface area contributed by atoms with Crippen molar-refractivity contribution in [3.8, 4) is 0 Å². The van der Waals surface area contributed by atoms with Crippen LogP contribution >= 0.6 is 0 Å². The third-order valence-corrected chi connectivity index (χ3v) is 6.59. The molecule has 0 unspecified atom stereocenters. The Kier molecular flexibility index (Phi) is 24.7. The maximum absolute atomic E-state index is 11.9. The Morgan fingerprint density at radius 1 is 0.571 bits per heavy atom. The number of hydrogen-bond donors (Lipinski definition) is 0. The first-order chi connectivity index (χ1) is 16.6. The Morgan fingerprint density at radius 2 is 0.886 bits per heavy atom. The third kappa shape index (κ3) is 20.2. The molecule has 0 aliphatic carbocycles. The van der Waals surface area contributed by atoms with E-state index in [0.29, 0.717) is 12.2 Å². The molecule has 1 aromatic carbocycles. The molecule has 0 amide bonds. The van der Waals surface area contributed by atoms with Crippen molar-refractivity contribution in [2.45, 2.75) is 135 Å². The zero-order valence-electron chi connectivity index (χ0n) is 22.5. The minimum absolute atomic E-state index is 0. The van der Waals surface area contributed by atoms with Crippen molar-refractivity contribution in [2.24, 2.45) is 0 Å². The largest absolute Gasteiger partial charge is 2.00 e. The van der Waals surface area contributed by atoms with Crippen molar-refractivity contribution in [2.75, 3.05) is 6.61 Å². The number of aromatic carboxylic acids is 1. The molecule has 0 spiro atoms. The van der Waals surface area contributed by atoms with Crippen LogP contribution in [0, 0.1) is 0 Å². The van der Waals surface area contributed by atoms with Gasteiger partial charge in [-0.25, -0.2) is 4.79 Å². The van der Waals surface area contributed by atoms with Crippen LogP contribution in [0.25, 0.3) is 0 Å². The number of carboxylic acids is 1. The molecule has 0 aliphatic heterocycles. The van der Waals surface area contributed by atoms with E-state index in [1.807, 2.05) is 0 Å². The molecule has 0 fully saturated rings. The number of hydrogen-bond acceptors (Lipinski definition) is 4. The number of benzene rings is 1. The van der Waals surface area contributed by atoms with Gasteiger partial charge < -0.3 is 14.6 Å². The second-order valence-corrected chi connectivity index (χ2v) is 9.72. The van der Waals surface area contributed by atoms with E-state index in [9.17, 15) is 14.7 Å². The van der Waals surface area contributed by atoms with Crippen molar-refractivity contribution in [3.63, 3.8) is 0 Å². The molecule has 35 heavy (non-hydrogen) atoms. The van der Waals surface area contributed by atoms with E-state index in [2.05, 4.69) is 6.92 Å². The van der Waals surface area contributed by atoms with Gasteiger partial charge in [-0.3, -0.25) is 0 Å². The molecule has 0 aliphatic rings. The maximum atomic E-state index is 11.9. The van der Waals surface area contributed by atoms with Gasteiger partial charge in [-0.05, 0) is 24.1 Å². The third-order valence-electron chi connectivity index (χ3n) is 6.59. The van der Waals surface area contributed by atoms with Gasteiger partial charge in [0.25, 0.3) is 0 Å². The molecular weight excluding hydrogens is 464 g/mol. The summed E-state index contributed by atoms with van der Waals surface area (Å²) in [6.07, 6.45) is 26.9. The molecule has 1 aromatic rings. The van der Waals surface area contributed by atoms with Crippen LogP contribution in [0.2, 0.25) is 0 Å². The minimum Gasteiger partial charge on any atom is -0.545 e. The zero-order chi connectivity index (χ0) is 24.7. The van der Waals surface area contributed by atoms with Crippen LogP contribution in [0.15, 0.2) is 24.3 Å². The minimum atomic E-state index is -1.25. The maximum Gasteiger partial charge on any atom is 2.00 e. The first kappa shape index (κ1) is 34.4. The first-order valence-corrected chi connectivity index (χ1v) is 14.1. The summed E-state index contributed by atoms with van der Waals surface area (Å²) >= 11 is 0. The zero-order valence-corrected chi connectivity index (χ0v) is 24.7.